The monoisotopic (exact) mass is 416 g/mol. The summed E-state index contributed by atoms with van der Waals surface area (Å²) < 4.78 is 6.08. The smallest absolute Gasteiger partial charge is 0.254 e. The van der Waals surface area contributed by atoms with Gasteiger partial charge in [0, 0.05) is 42.0 Å². The fraction of sp³-hybridized carbons (Fsp3) is 0.280. The molecule has 6 nitrogen and oxygen atoms in total. The minimum absolute atomic E-state index is 0.0563. The van der Waals surface area contributed by atoms with Crippen molar-refractivity contribution in [2.45, 2.75) is 19.8 Å². The van der Waals surface area contributed by atoms with Gasteiger partial charge in [-0.15, -0.1) is 0 Å². The SMILES string of the molecule is C=C(N)c1c(N)cccc1OC[C@H]1CCCN(C(=O)c2c(C)cnc3ccccc23)C1. The molecule has 1 aliphatic rings. The second-order valence-electron chi connectivity index (χ2n) is 8.15. The van der Waals surface area contributed by atoms with Gasteiger partial charge in [-0.3, -0.25) is 9.78 Å². The second-order valence-corrected chi connectivity index (χ2v) is 8.15. The first-order valence-electron chi connectivity index (χ1n) is 10.6. The van der Waals surface area contributed by atoms with Gasteiger partial charge in [-0.25, -0.2) is 0 Å². The number of hydrogen-bond acceptors (Lipinski definition) is 5. The molecule has 1 aliphatic heterocycles. The Morgan fingerprint density at radius 3 is 2.84 bits per heavy atom. The number of carbonyl (C=O) groups is 1. The Balaban J connectivity index is 1.50. The lowest BCUT2D eigenvalue weighted by Gasteiger charge is -2.33. The lowest BCUT2D eigenvalue weighted by molar-refractivity contribution is 0.0634. The maximum absolute atomic E-state index is 13.5. The number of hydrogen-bond donors (Lipinski definition) is 2. The van der Waals surface area contributed by atoms with Crippen molar-refractivity contribution < 1.29 is 9.53 Å². The molecule has 0 radical (unpaired) electrons. The number of aryl methyl sites for hydroxylation is 1. The summed E-state index contributed by atoms with van der Waals surface area (Å²) in [6.07, 6.45) is 3.72. The minimum Gasteiger partial charge on any atom is -0.492 e. The number of fused-ring (bicyclic) bond motifs is 1. The third-order valence-electron chi connectivity index (χ3n) is 5.84. The molecule has 2 aromatic carbocycles. The molecule has 1 atom stereocenters. The summed E-state index contributed by atoms with van der Waals surface area (Å²) in [6.45, 7) is 7.63. The van der Waals surface area contributed by atoms with Crippen LogP contribution in [0.5, 0.6) is 5.75 Å². The van der Waals surface area contributed by atoms with E-state index in [-0.39, 0.29) is 11.8 Å². The number of rotatable bonds is 5. The third kappa shape index (κ3) is 4.19. The molecule has 1 saturated heterocycles. The molecule has 6 heteroatoms. The highest BCUT2D eigenvalue weighted by Gasteiger charge is 2.27. The van der Waals surface area contributed by atoms with Gasteiger partial charge >= 0.3 is 0 Å². The number of pyridine rings is 1. The summed E-state index contributed by atoms with van der Waals surface area (Å²) in [6, 6.07) is 13.3. The standard InChI is InChI=1S/C25H28N4O2/c1-16-13-28-21-10-4-3-8-19(21)23(16)25(30)29-12-6-7-18(14-29)15-31-22-11-5-9-20(27)24(22)17(2)26/h3-5,8-11,13,18H,2,6-7,12,14-15,26-27H2,1H3/t18-/m0/s1. The van der Waals surface area contributed by atoms with E-state index in [9.17, 15) is 4.79 Å². The lowest BCUT2D eigenvalue weighted by atomic mass is 9.96. The first-order chi connectivity index (χ1) is 15.0. The number of aromatic nitrogens is 1. The van der Waals surface area contributed by atoms with Crippen LogP contribution in [-0.4, -0.2) is 35.5 Å². The van der Waals surface area contributed by atoms with Crippen molar-refractivity contribution in [1.82, 2.24) is 9.88 Å². The van der Waals surface area contributed by atoms with Crippen molar-refractivity contribution >= 4 is 28.2 Å². The van der Waals surface area contributed by atoms with Crippen molar-refractivity contribution in [1.29, 1.82) is 0 Å². The van der Waals surface area contributed by atoms with E-state index < -0.39 is 0 Å². The molecule has 160 valence electrons. The molecule has 1 aromatic heterocycles. The zero-order chi connectivity index (χ0) is 22.0. The quantitative estimate of drug-likeness (QED) is 0.614. The summed E-state index contributed by atoms with van der Waals surface area (Å²) in [4.78, 5) is 19.9. The summed E-state index contributed by atoms with van der Waals surface area (Å²) in [5, 5.41) is 0.900. The largest absolute Gasteiger partial charge is 0.492 e. The van der Waals surface area contributed by atoms with Crippen molar-refractivity contribution in [3.05, 3.63) is 71.9 Å². The van der Waals surface area contributed by atoms with Crippen LogP contribution in [0.3, 0.4) is 0 Å². The van der Waals surface area contributed by atoms with E-state index in [0.29, 0.717) is 35.8 Å². The summed E-state index contributed by atoms with van der Waals surface area (Å²) in [5.41, 5.74) is 16.0. The number of para-hydroxylation sites is 1. The number of benzene rings is 2. The molecule has 4 N–H and O–H groups in total. The molecule has 0 saturated carbocycles. The average molecular weight is 417 g/mol. The van der Waals surface area contributed by atoms with Crippen LogP contribution in [0.15, 0.2) is 55.2 Å². The van der Waals surface area contributed by atoms with Crippen LogP contribution in [0.1, 0.15) is 34.3 Å². The van der Waals surface area contributed by atoms with Crippen molar-refractivity contribution in [3.8, 4) is 5.75 Å². The highest BCUT2D eigenvalue weighted by Crippen LogP contribution is 2.30. The van der Waals surface area contributed by atoms with Gasteiger partial charge in [-0.2, -0.15) is 0 Å². The molecule has 4 rings (SSSR count). The first-order valence-corrected chi connectivity index (χ1v) is 10.6. The van der Waals surface area contributed by atoms with E-state index in [1.807, 2.05) is 48.2 Å². The Bertz CT molecular complexity index is 1140. The molecular weight excluding hydrogens is 388 g/mol. The minimum atomic E-state index is 0.0563. The Labute approximate surface area is 182 Å². The predicted octanol–water partition coefficient (Wildman–Crippen LogP) is 3.99. The number of anilines is 1. The number of piperidine rings is 1. The lowest BCUT2D eigenvalue weighted by Crippen LogP contribution is -2.42. The second kappa shape index (κ2) is 8.68. The maximum atomic E-state index is 13.5. The molecule has 1 amide bonds. The van der Waals surface area contributed by atoms with Gasteiger partial charge in [0.15, 0.2) is 0 Å². The Hall–Kier alpha value is -3.54. The number of carbonyl (C=O) groups excluding carboxylic acids is 1. The fourth-order valence-electron chi connectivity index (χ4n) is 4.29. The van der Waals surface area contributed by atoms with Gasteiger partial charge in [0.25, 0.3) is 5.91 Å². The van der Waals surface area contributed by atoms with Gasteiger partial charge < -0.3 is 21.1 Å². The van der Waals surface area contributed by atoms with Crippen LogP contribution in [0, 0.1) is 12.8 Å². The van der Waals surface area contributed by atoms with Crippen molar-refractivity contribution in [2.75, 3.05) is 25.4 Å². The Morgan fingerprint density at radius 1 is 1.23 bits per heavy atom. The van der Waals surface area contributed by atoms with Crippen molar-refractivity contribution in [3.63, 3.8) is 0 Å². The summed E-state index contributed by atoms with van der Waals surface area (Å²) >= 11 is 0. The number of amides is 1. The highest BCUT2D eigenvalue weighted by molar-refractivity contribution is 6.07. The normalized spacial score (nSPS) is 16.3. The molecule has 3 aromatic rings. The Kier molecular flexibility index (Phi) is 5.80. The zero-order valence-corrected chi connectivity index (χ0v) is 17.8. The van der Waals surface area contributed by atoms with E-state index in [1.165, 1.54) is 0 Å². The molecule has 31 heavy (non-hydrogen) atoms. The molecule has 0 spiro atoms. The van der Waals surface area contributed by atoms with Gasteiger partial charge in [0.05, 0.1) is 23.3 Å². The maximum Gasteiger partial charge on any atom is 0.254 e. The molecule has 0 bridgehead atoms. The number of nitrogen functional groups attached to an aromatic ring is 1. The fourth-order valence-corrected chi connectivity index (χ4v) is 4.29. The van der Waals surface area contributed by atoms with E-state index in [0.717, 1.165) is 41.4 Å². The van der Waals surface area contributed by atoms with Gasteiger partial charge in [-0.1, -0.05) is 30.8 Å². The van der Waals surface area contributed by atoms with Crippen LogP contribution in [0.25, 0.3) is 16.6 Å². The third-order valence-corrected chi connectivity index (χ3v) is 5.84. The van der Waals surface area contributed by atoms with E-state index >= 15 is 0 Å². The number of likely N-dealkylation sites (tertiary alicyclic amines) is 1. The van der Waals surface area contributed by atoms with Crippen LogP contribution in [0.2, 0.25) is 0 Å². The van der Waals surface area contributed by atoms with E-state index in [2.05, 4.69) is 11.6 Å². The van der Waals surface area contributed by atoms with Gasteiger partial charge in [-0.05, 0) is 43.5 Å². The average Bonchev–Trinajstić information content (AvgIpc) is 2.77. The molecular formula is C25H28N4O2. The number of nitrogens with two attached hydrogens (primary N) is 2. The molecule has 0 aliphatic carbocycles. The van der Waals surface area contributed by atoms with Gasteiger partial charge in [0.2, 0.25) is 0 Å². The topological polar surface area (TPSA) is 94.5 Å². The van der Waals surface area contributed by atoms with Crippen molar-refractivity contribution in [2.24, 2.45) is 11.7 Å². The molecule has 0 unspecified atom stereocenters. The van der Waals surface area contributed by atoms with Gasteiger partial charge in [0.1, 0.15) is 5.75 Å². The molecule has 2 heterocycles. The van der Waals surface area contributed by atoms with Crippen LogP contribution >= 0.6 is 0 Å². The zero-order valence-electron chi connectivity index (χ0n) is 17.8. The van der Waals surface area contributed by atoms with Crippen LogP contribution < -0.4 is 16.2 Å². The summed E-state index contributed by atoms with van der Waals surface area (Å²) in [7, 11) is 0. The molecule has 1 fully saturated rings. The highest BCUT2D eigenvalue weighted by atomic mass is 16.5. The number of ether oxygens (including phenoxy) is 1. The Morgan fingerprint density at radius 2 is 2.03 bits per heavy atom. The summed E-state index contributed by atoms with van der Waals surface area (Å²) in [5.74, 6) is 0.916. The van der Waals surface area contributed by atoms with E-state index in [4.69, 9.17) is 16.2 Å². The van der Waals surface area contributed by atoms with Crippen LogP contribution in [0.4, 0.5) is 5.69 Å². The number of nitrogens with zero attached hydrogens (tertiary/aromatic N) is 2. The van der Waals surface area contributed by atoms with E-state index in [1.54, 1.807) is 12.3 Å². The van der Waals surface area contributed by atoms with Crippen LogP contribution in [-0.2, 0) is 0 Å². The predicted molar refractivity (Wildman–Crippen MR) is 125 cm³/mol. The first kappa shape index (κ1) is 20.7.